The molecule has 0 saturated heterocycles. The molecule has 108 valence electrons. The van der Waals surface area contributed by atoms with Crippen molar-refractivity contribution in [3.05, 3.63) is 17.0 Å². The molecule has 1 heterocycles. The summed E-state index contributed by atoms with van der Waals surface area (Å²) in [6.07, 6.45) is 3.49. The fraction of sp³-hybridized carbons (Fsp3) is 0.692. The fourth-order valence-electron chi connectivity index (χ4n) is 2.60. The summed E-state index contributed by atoms with van der Waals surface area (Å²) in [6.45, 7) is 3.51. The predicted molar refractivity (Wildman–Crippen MR) is 78.8 cm³/mol. The number of sulfonamides is 1. The maximum Gasteiger partial charge on any atom is 0.250 e. The Balaban J connectivity index is 1.93. The molecular weight excluding hydrogens is 280 g/mol. The summed E-state index contributed by atoms with van der Waals surface area (Å²) in [7, 11) is -1.47. The first-order valence-electron chi connectivity index (χ1n) is 6.73. The Bertz CT molecular complexity index is 510. The zero-order valence-electron chi connectivity index (χ0n) is 11.5. The van der Waals surface area contributed by atoms with Gasteiger partial charge in [-0.05, 0) is 48.7 Å². The number of thiophene rings is 1. The lowest BCUT2D eigenvalue weighted by Gasteiger charge is -2.10. The molecule has 19 heavy (non-hydrogen) atoms. The van der Waals surface area contributed by atoms with Crippen molar-refractivity contribution in [3.63, 3.8) is 0 Å². The molecule has 1 aromatic heterocycles. The van der Waals surface area contributed by atoms with E-state index in [1.807, 2.05) is 12.4 Å². The second-order valence-electron chi connectivity index (χ2n) is 5.44. The maximum absolute atomic E-state index is 12.2. The van der Waals surface area contributed by atoms with Gasteiger partial charge in [-0.25, -0.2) is 13.1 Å². The monoisotopic (exact) mass is 302 g/mol. The van der Waals surface area contributed by atoms with Crippen molar-refractivity contribution in [1.82, 2.24) is 10.0 Å². The van der Waals surface area contributed by atoms with E-state index in [4.69, 9.17) is 0 Å². The van der Waals surface area contributed by atoms with E-state index in [1.165, 1.54) is 17.8 Å². The van der Waals surface area contributed by atoms with Gasteiger partial charge in [-0.1, -0.05) is 13.3 Å². The summed E-state index contributed by atoms with van der Waals surface area (Å²) in [5, 5.41) is 4.91. The molecule has 6 heteroatoms. The van der Waals surface area contributed by atoms with Crippen LogP contribution >= 0.6 is 11.3 Å². The first-order valence-corrected chi connectivity index (χ1v) is 9.09. The molecule has 0 aromatic carbocycles. The van der Waals surface area contributed by atoms with E-state index >= 15 is 0 Å². The number of hydrogen-bond donors (Lipinski definition) is 2. The first-order chi connectivity index (χ1) is 9.01. The van der Waals surface area contributed by atoms with Crippen LogP contribution in [0.25, 0.3) is 0 Å². The van der Waals surface area contributed by atoms with Crippen LogP contribution in [0.3, 0.4) is 0 Å². The van der Waals surface area contributed by atoms with Crippen molar-refractivity contribution in [2.75, 3.05) is 13.6 Å². The number of hydrogen-bond acceptors (Lipinski definition) is 4. The fourth-order valence-corrected chi connectivity index (χ4v) is 4.97. The highest BCUT2D eigenvalue weighted by atomic mass is 32.2. The van der Waals surface area contributed by atoms with Crippen LogP contribution in [-0.2, 0) is 16.6 Å². The third-order valence-electron chi connectivity index (χ3n) is 3.64. The molecule has 2 rings (SSSR count). The summed E-state index contributed by atoms with van der Waals surface area (Å²) in [5.41, 5.74) is 1.02. The van der Waals surface area contributed by atoms with Gasteiger partial charge in [0.1, 0.15) is 4.21 Å². The molecule has 2 unspecified atom stereocenters. The van der Waals surface area contributed by atoms with Gasteiger partial charge in [0.15, 0.2) is 0 Å². The van der Waals surface area contributed by atoms with Crippen LogP contribution < -0.4 is 10.0 Å². The highest BCUT2D eigenvalue weighted by molar-refractivity contribution is 7.91. The minimum Gasteiger partial charge on any atom is -0.316 e. The highest BCUT2D eigenvalue weighted by Crippen LogP contribution is 2.30. The summed E-state index contributed by atoms with van der Waals surface area (Å²) < 4.78 is 27.5. The molecule has 0 amide bonds. The molecule has 4 nitrogen and oxygen atoms in total. The van der Waals surface area contributed by atoms with Crippen LogP contribution in [0.4, 0.5) is 0 Å². The van der Waals surface area contributed by atoms with E-state index in [2.05, 4.69) is 17.0 Å². The Morgan fingerprint density at radius 3 is 2.84 bits per heavy atom. The van der Waals surface area contributed by atoms with E-state index in [-0.39, 0.29) is 0 Å². The average molecular weight is 302 g/mol. The second-order valence-corrected chi connectivity index (χ2v) is 8.35. The molecule has 1 saturated carbocycles. The molecule has 2 N–H and O–H groups in total. The Morgan fingerprint density at radius 1 is 1.42 bits per heavy atom. The predicted octanol–water partition coefficient (Wildman–Crippen LogP) is 2.18. The smallest absolute Gasteiger partial charge is 0.250 e. The van der Waals surface area contributed by atoms with E-state index < -0.39 is 10.0 Å². The van der Waals surface area contributed by atoms with Crippen LogP contribution in [0.5, 0.6) is 0 Å². The molecule has 0 spiro atoms. The Kier molecular flexibility index (Phi) is 5.00. The summed E-state index contributed by atoms with van der Waals surface area (Å²) >= 11 is 1.29. The van der Waals surface area contributed by atoms with Crippen molar-refractivity contribution < 1.29 is 8.42 Å². The Morgan fingerprint density at radius 2 is 2.21 bits per heavy atom. The van der Waals surface area contributed by atoms with E-state index in [9.17, 15) is 8.42 Å². The van der Waals surface area contributed by atoms with Crippen LogP contribution in [0.15, 0.2) is 15.7 Å². The molecule has 1 aliphatic carbocycles. The van der Waals surface area contributed by atoms with Crippen LogP contribution in [0.1, 0.15) is 31.7 Å². The van der Waals surface area contributed by atoms with Crippen LogP contribution in [-0.4, -0.2) is 22.0 Å². The van der Waals surface area contributed by atoms with Crippen molar-refractivity contribution in [1.29, 1.82) is 0 Å². The van der Waals surface area contributed by atoms with Crippen molar-refractivity contribution in [3.8, 4) is 0 Å². The second kappa shape index (κ2) is 6.35. The molecular formula is C13H22N2O2S2. The van der Waals surface area contributed by atoms with Gasteiger partial charge >= 0.3 is 0 Å². The lowest BCUT2D eigenvalue weighted by molar-refractivity contribution is 0.499. The summed E-state index contributed by atoms with van der Waals surface area (Å²) in [6, 6.07) is 1.75. The van der Waals surface area contributed by atoms with Gasteiger partial charge in [-0.2, -0.15) is 0 Å². The maximum atomic E-state index is 12.2. The van der Waals surface area contributed by atoms with E-state index in [0.717, 1.165) is 24.3 Å². The average Bonchev–Trinajstić information content (AvgIpc) is 2.97. The largest absolute Gasteiger partial charge is 0.316 e. The Hall–Kier alpha value is -0.430. The molecule has 1 fully saturated rings. The molecule has 1 aliphatic rings. The van der Waals surface area contributed by atoms with Gasteiger partial charge < -0.3 is 5.32 Å². The van der Waals surface area contributed by atoms with Gasteiger partial charge in [0.25, 0.3) is 0 Å². The molecule has 2 atom stereocenters. The first kappa shape index (κ1) is 15.0. The molecule has 1 aromatic rings. The molecule has 0 radical (unpaired) electrons. The van der Waals surface area contributed by atoms with Gasteiger partial charge in [-0.15, -0.1) is 11.3 Å². The lowest BCUT2D eigenvalue weighted by Crippen LogP contribution is -2.28. The van der Waals surface area contributed by atoms with Crippen molar-refractivity contribution >= 4 is 21.4 Å². The summed E-state index contributed by atoms with van der Waals surface area (Å²) in [4.78, 5) is 0. The minimum absolute atomic E-state index is 0.420. The van der Waals surface area contributed by atoms with Crippen LogP contribution in [0.2, 0.25) is 0 Å². The quantitative estimate of drug-likeness (QED) is 0.847. The van der Waals surface area contributed by atoms with Gasteiger partial charge in [-0.3, -0.25) is 0 Å². The van der Waals surface area contributed by atoms with Crippen molar-refractivity contribution in [2.45, 2.75) is 36.9 Å². The lowest BCUT2D eigenvalue weighted by atomic mass is 10.1. The normalized spacial score (nSPS) is 23.9. The third kappa shape index (κ3) is 4.02. The van der Waals surface area contributed by atoms with E-state index in [0.29, 0.717) is 23.2 Å². The standard InChI is InChI=1S/C13H22N2O2S2/c1-10-3-4-11(5-10)8-15-19(16,17)13-6-12(7-14-2)9-18-13/h6,9-11,14-15H,3-5,7-8H2,1-2H3. The van der Waals surface area contributed by atoms with Crippen LogP contribution in [0, 0.1) is 11.8 Å². The molecule has 0 aliphatic heterocycles. The van der Waals surface area contributed by atoms with Gasteiger partial charge in [0.2, 0.25) is 10.0 Å². The highest BCUT2D eigenvalue weighted by Gasteiger charge is 2.24. The van der Waals surface area contributed by atoms with Gasteiger partial charge in [0, 0.05) is 13.1 Å². The summed E-state index contributed by atoms with van der Waals surface area (Å²) in [5.74, 6) is 1.24. The van der Waals surface area contributed by atoms with Crippen molar-refractivity contribution in [2.24, 2.45) is 11.8 Å². The number of rotatable bonds is 6. The third-order valence-corrected chi connectivity index (χ3v) is 6.55. The molecule has 0 bridgehead atoms. The topological polar surface area (TPSA) is 58.2 Å². The van der Waals surface area contributed by atoms with Gasteiger partial charge in [0.05, 0.1) is 0 Å². The SMILES string of the molecule is CNCc1csc(S(=O)(=O)NCC2CCC(C)C2)c1. The number of nitrogens with one attached hydrogen (secondary N) is 2. The zero-order valence-corrected chi connectivity index (χ0v) is 13.1. The zero-order chi connectivity index (χ0) is 13.9. The van der Waals surface area contributed by atoms with E-state index in [1.54, 1.807) is 6.07 Å². The Labute approximate surface area is 119 Å². The minimum atomic E-state index is -3.32.